The molecule has 4 rings (SSSR count). The predicted octanol–water partition coefficient (Wildman–Crippen LogP) is 3.02. The average Bonchev–Trinajstić information content (AvgIpc) is 3.28. The lowest BCUT2D eigenvalue weighted by molar-refractivity contribution is 0.0693. The first-order valence-corrected chi connectivity index (χ1v) is 11.2. The number of thioether (sulfide) groups is 1. The lowest BCUT2D eigenvalue weighted by Gasteiger charge is -2.24. The molecule has 2 amide bonds. The van der Waals surface area contributed by atoms with Gasteiger partial charge in [0.15, 0.2) is 4.34 Å². The fraction of sp³-hybridized carbons (Fsp3) is 0.778. The second-order valence-corrected chi connectivity index (χ2v) is 10.1. The maximum Gasteiger partial charge on any atom is 0.315 e. The van der Waals surface area contributed by atoms with Crippen LogP contribution in [0.3, 0.4) is 0 Å². The van der Waals surface area contributed by atoms with Crippen molar-refractivity contribution < 1.29 is 14.3 Å². The van der Waals surface area contributed by atoms with E-state index >= 15 is 0 Å². The van der Waals surface area contributed by atoms with Crippen LogP contribution in [0.1, 0.15) is 42.7 Å². The number of carbonyl (C=O) groups excluding carboxylic acids is 1. The topological polar surface area (TPSA) is 72.5 Å². The monoisotopic (exact) mass is 397 g/mol. The number of aromatic nitrogens is 1. The molecule has 3 heterocycles. The summed E-state index contributed by atoms with van der Waals surface area (Å²) in [5, 5.41) is 6.42. The number of carbonyl (C=O) groups is 1. The Labute approximate surface area is 162 Å². The molecular weight excluding hydrogens is 370 g/mol. The minimum Gasteiger partial charge on any atom is -0.372 e. The van der Waals surface area contributed by atoms with Crippen LogP contribution >= 0.6 is 23.1 Å². The summed E-state index contributed by atoms with van der Waals surface area (Å²) in [6.45, 7) is 5.29. The molecule has 0 aromatic carbocycles. The molecular formula is C18H27N3O3S2. The Kier molecular flexibility index (Phi) is 5.73. The minimum atomic E-state index is -0.0861. The van der Waals surface area contributed by atoms with Gasteiger partial charge in [0.25, 0.3) is 0 Å². The van der Waals surface area contributed by atoms with Crippen LogP contribution in [-0.2, 0) is 9.47 Å². The lowest BCUT2D eigenvalue weighted by Crippen LogP contribution is -2.51. The van der Waals surface area contributed by atoms with Crippen molar-refractivity contribution in [1.29, 1.82) is 0 Å². The Bertz CT molecular complexity index is 628. The molecule has 3 aliphatic rings. The molecule has 0 bridgehead atoms. The molecule has 0 spiro atoms. The van der Waals surface area contributed by atoms with Gasteiger partial charge in [-0.15, -0.1) is 11.3 Å². The Morgan fingerprint density at radius 3 is 2.62 bits per heavy atom. The second-order valence-electron chi connectivity index (χ2n) is 7.43. The van der Waals surface area contributed by atoms with Gasteiger partial charge < -0.3 is 20.1 Å². The third-order valence-corrected chi connectivity index (χ3v) is 7.93. The quantitative estimate of drug-likeness (QED) is 0.817. The maximum atomic E-state index is 12.3. The number of nitrogens with zero attached hydrogens (tertiary/aromatic N) is 1. The van der Waals surface area contributed by atoms with Gasteiger partial charge in [0.2, 0.25) is 0 Å². The van der Waals surface area contributed by atoms with Gasteiger partial charge in [0, 0.05) is 10.9 Å². The van der Waals surface area contributed by atoms with Crippen molar-refractivity contribution in [3.63, 3.8) is 0 Å². The molecule has 1 saturated carbocycles. The van der Waals surface area contributed by atoms with E-state index in [-0.39, 0.29) is 29.5 Å². The summed E-state index contributed by atoms with van der Waals surface area (Å²) < 4.78 is 13.1. The second kappa shape index (κ2) is 8.04. The molecule has 6 nitrogen and oxygen atoms in total. The number of urea groups is 1. The SMILES string of the molecule is Cc1nc(S[C@H]2CO[C@H]3[C@@H]2OC[C@@H]3NC(=O)NC2CCCCC2)sc1C. The Morgan fingerprint density at radius 1 is 1.12 bits per heavy atom. The third kappa shape index (κ3) is 4.03. The van der Waals surface area contributed by atoms with Crippen LogP contribution < -0.4 is 10.6 Å². The molecule has 2 saturated heterocycles. The van der Waals surface area contributed by atoms with Gasteiger partial charge in [-0.3, -0.25) is 0 Å². The van der Waals surface area contributed by atoms with Crippen molar-refractivity contribution in [3.05, 3.63) is 10.6 Å². The zero-order chi connectivity index (χ0) is 18.1. The average molecular weight is 398 g/mol. The van der Waals surface area contributed by atoms with Crippen molar-refractivity contribution in [2.24, 2.45) is 0 Å². The number of nitrogens with one attached hydrogen (secondary N) is 2. The number of fused-ring (bicyclic) bond motifs is 1. The molecule has 8 heteroatoms. The molecule has 0 radical (unpaired) electrons. The molecule has 4 atom stereocenters. The van der Waals surface area contributed by atoms with E-state index in [2.05, 4.69) is 22.5 Å². The first-order chi connectivity index (χ1) is 12.6. The van der Waals surface area contributed by atoms with Crippen LogP contribution in [-0.4, -0.2) is 53.8 Å². The number of ether oxygens (including phenoxy) is 2. The summed E-state index contributed by atoms with van der Waals surface area (Å²) in [6.07, 6.45) is 5.83. The first-order valence-electron chi connectivity index (χ1n) is 9.51. The smallest absolute Gasteiger partial charge is 0.315 e. The van der Waals surface area contributed by atoms with Crippen LogP contribution in [0.2, 0.25) is 0 Å². The van der Waals surface area contributed by atoms with E-state index in [0.717, 1.165) is 22.9 Å². The lowest BCUT2D eigenvalue weighted by atomic mass is 9.96. The molecule has 2 N–H and O–H groups in total. The van der Waals surface area contributed by atoms with Crippen molar-refractivity contribution >= 4 is 29.1 Å². The van der Waals surface area contributed by atoms with Gasteiger partial charge in [-0.05, 0) is 26.7 Å². The van der Waals surface area contributed by atoms with E-state index in [1.807, 2.05) is 6.92 Å². The molecule has 26 heavy (non-hydrogen) atoms. The largest absolute Gasteiger partial charge is 0.372 e. The zero-order valence-corrected chi connectivity index (χ0v) is 17.0. The maximum absolute atomic E-state index is 12.3. The van der Waals surface area contributed by atoms with Crippen molar-refractivity contribution in [2.75, 3.05) is 13.2 Å². The Morgan fingerprint density at radius 2 is 1.88 bits per heavy atom. The third-order valence-electron chi connectivity index (χ3n) is 5.53. The molecule has 144 valence electrons. The summed E-state index contributed by atoms with van der Waals surface area (Å²) in [5.41, 5.74) is 1.10. The van der Waals surface area contributed by atoms with Gasteiger partial charge in [-0.25, -0.2) is 9.78 Å². The van der Waals surface area contributed by atoms with Crippen molar-refractivity contribution in [1.82, 2.24) is 15.6 Å². The van der Waals surface area contributed by atoms with Crippen LogP contribution in [0.5, 0.6) is 0 Å². The van der Waals surface area contributed by atoms with Crippen LogP contribution in [0.4, 0.5) is 4.79 Å². The van der Waals surface area contributed by atoms with Gasteiger partial charge in [0.05, 0.1) is 30.2 Å². The van der Waals surface area contributed by atoms with Gasteiger partial charge in [-0.2, -0.15) is 0 Å². The highest BCUT2D eigenvalue weighted by Crippen LogP contribution is 2.39. The van der Waals surface area contributed by atoms with Crippen LogP contribution in [0.15, 0.2) is 4.34 Å². The summed E-state index contributed by atoms with van der Waals surface area (Å²) in [6, 6.07) is 0.150. The normalized spacial score (nSPS) is 31.8. The molecule has 0 unspecified atom stereocenters. The fourth-order valence-corrected chi connectivity index (χ4v) is 6.49. The summed E-state index contributed by atoms with van der Waals surface area (Å²) in [4.78, 5) is 18.2. The van der Waals surface area contributed by atoms with Crippen LogP contribution in [0, 0.1) is 13.8 Å². The Balaban J connectivity index is 1.29. The number of aryl methyl sites for hydroxylation is 2. The van der Waals surface area contributed by atoms with E-state index in [0.29, 0.717) is 19.3 Å². The zero-order valence-electron chi connectivity index (χ0n) is 15.3. The summed E-state index contributed by atoms with van der Waals surface area (Å²) in [7, 11) is 0. The van der Waals surface area contributed by atoms with E-state index in [1.165, 1.54) is 24.1 Å². The van der Waals surface area contributed by atoms with Crippen molar-refractivity contribution in [3.8, 4) is 0 Å². The Hall–Kier alpha value is -0.830. The predicted molar refractivity (Wildman–Crippen MR) is 103 cm³/mol. The van der Waals surface area contributed by atoms with E-state index in [1.54, 1.807) is 23.1 Å². The fourth-order valence-electron chi connectivity index (χ4n) is 3.95. The van der Waals surface area contributed by atoms with Gasteiger partial charge >= 0.3 is 6.03 Å². The van der Waals surface area contributed by atoms with Crippen LogP contribution in [0.25, 0.3) is 0 Å². The first kappa shape index (κ1) is 18.5. The highest BCUT2D eigenvalue weighted by atomic mass is 32.2. The van der Waals surface area contributed by atoms with Gasteiger partial charge in [0.1, 0.15) is 12.2 Å². The molecule has 1 aromatic rings. The molecule has 3 fully saturated rings. The van der Waals surface area contributed by atoms with Gasteiger partial charge in [-0.1, -0.05) is 31.0 Å². The van der Waals surface area contributed by atoms with E-state index < -0.39 is 0 Å². The standard InChI is InChI=1S/C18H27N3O3S2/c1-10-11(2)25-18(19-10)26-14-9-24-15-13(8-23-16(14)15)21-17(22)20-12-6-4-3-5-7-12/h12-16H,3-9H2,1-2H3,(H2,20,21,22)/t13-,14-,15+,16+/m0/s1. The number of thiazole rings is 1. The van der Waals surface area contributed by atoms with E-state index in [9.17, 15) is 4.79 Å². The number of rotatable bonds is 4. The highest BCUT2D eigenvalue weighted by Gasteiger charge is 2.48. The van der Waals surface area contributed by atoms with Crippen molar-refractivity contribution in [2.45, 2.75) is 79.8 Å². The number of hydrogen-bond donors (Lipinski definition) is 2. The van der Waals surface area contributed by atoms with E-state index in [4.69, 9.17) is 9.47 Å². The summed E-state index contributed by atoms with van der Waals surface area (Å²) in [5.74, 6) is 0. The molecule has 1 aliphatic carbocycles. The highest BCUT2D eigenvalue weighted by molar-refractivity contribution is 8.01. The number of hydrogen-bond acceptors (Lipinski definition) is 6. The summed E-state index contributed by atoms with van der Waals surface area (Å²) >= 11 is 3.47. The minimum absolute atomic E-state index is 0.0180. The molecule has 2 aliphatic heterocycles. The number of amides is 2. The molecule has 1 aromatic heterocycles.